The lowest BCUT2D eigenvalue weighted by molar-refractivity contribution is 0.174. The van der Waals surface area contributed by atoms with E-state index in [1.165, 1.54) is 11.1 Å². The van der Waals surface area contributed by atoms with E-state index in [0.717, 1.165) is 23.0 Å². The zero-order valence-electron chi connectivity index (χ0n) is 13.8. The summed E-state index contributed by atoms with van der Waals surface area (Å²) in [6, 6.07) is 15.8. The van der Waals surface area contributed by atoms with Gasteiger partial charge in [-0.25, -0.2) is 4.98 Å². The molecule has 3 aromatic rings. The number of rotatable bonds is 5. The summed E-state index contributed by atoms with van der Waals surface area (Å²) >= 11 is 0. The minimum Gasteiger partial charge on any atom is -0.454 e. The van der Waals surface area contributed by atoms with E-state index in [1.54, 1.807) is 6.20 Å². The average molecular weight is 334 g/mol. The molecule has 2 aromatic carbocycles. The minimum absolute atomic E-state index is 0.258. The van der Waals surface area contributed by atoms with Crippen molar-refractivity contribution in [2.75, 3.05) is 17.4 Å². The van der Waals surface area contributed by atoms with E-state index in [2.05, 4.69) is 39.7 Å². The van der Waals surface area contributed by atoms with Crippen LogP contribution in [0.5, 0.6) is 11.5 Å². The van der Waals surface area contributed by atoms with Crippen molar-refractivity contribution < 1.29 is 9.47 Å². The Morgan fingerprint density at radius 1 is 1.04 bits per heavy atom. The lowest BCUT2D eigenvalue weighted by atomic mass is 10.1. The zero-order chi connectivity index (χ0) is 17.1. The van der Waals surface area contributed by atoms with Gasteiger partial charge < -0.3 is 20.1 Å². The molecule has 0 unspecified atom stereocenters. The highest BCUT2D eigenvalue weighted by atomic mass is 16.7. The molecular formula is C19H18N4O2. The van der Waals surface area contributed by atoms with E-state index in [0.29, 0.717) is 12.5 Å². The lowest BCUT2D eigenvalue weighted by Gasteiger charge is -2.10. The van der Waals surface area contributed by atoms with E-state index >= 15 is 0 Å². The van der Waals surface area contributed by atoms with Gasteiger partial charge in [0.05, 0.1) is 0 Å². The first-order valence-electron chi connectivity index (χ1n) is 8.06. The normalized spacial score (nSPS) is 12.0. The van der Waals surface area contributed by atoms with Crippen LogP contribution in [0.4, 0.5) is 17.5 Å². The first-order chi connectivity index (χ1) is 12.3. The highest BCUT2D eigenvalue weighted by Gasteiger charge is 2.13. The van der Waals surface area contributed by atoms with Gasteiger partial charge in [-0.1, -0.05) is 24.3 Å². The molecule has 0 spiro atoms. The van der Waals surface area contributed by atoms with Gasteiger partial charge in [0.25, 0.3) is 0 Å². The third-order valence-electron chi connectivity index (χ3n) is 4.01. The molecule has 2 N–H and O–H groups in total. The molecule has 0 fully saturated rings. The number of benzene rings is 2. The van der Waals surface area contributed by atoms with Gasteiger partial charge >= 0.3 is 0 Å². The number of hydrogen-bond acceptors (Lipinski definition) is 6. The Labute approximate surface area is 145 Å². The molecule has 126 valence electrons. The summed E-state index contributed by atoms with van der Waals surface area (Å²) in [7, 11) is 0. The molecule has 1 aliphatic rings. The van der Waals surface area contributed by atoms with E-state index in [-0.39, 0.29) is 6.79 Å². The van der Waals surface area contributed by atoms with Gasteiger partial charge in [-0.15, -0.1) is 0 Å². The van der Waals surface area contributed by atoms with E-state index in [1.807, 2.05) is 36.4 Å². The van der Waals surface area contributed by atoms with Gasteiger partial charge in [0.15, 0.2) is 11.5 Å². The van der Waals surface area contributed by atoms with Gasteiger partial charge in [0.1, 0.15) is 5.82 Å². The SMILES string of the molecule is Cc1ccccc1CNc1ccnc(Nc2ccc3c(c2)OCO3)n1. The van der Waals surface area contributed by atoms with Crippen LogP contribution in [0.3, 0.4) is 0 Å². The largest absolute Gasteiger partial charge is 0.454 e. The molecule has 1 aromatic heterocycles. The molecule has 2 heterocycles. The number of aryl methyl sites for hydroxylation is 1. The molecular weight excluding hydrogens is 316 g/mol. The number of ether oxygens (including phenoxy) is 2. The number of aromatic nitrogens is 2. The maximum absolute atomic E-state index is 5.38. The summed E-state index contributed by atoms with van der Waals surface area (Å²) in [5.41, 5.74) is 3.34. The number of hydrogen-bond donors (Lipinski definition) is 2. The molecule has 0 amide bonds. The lowest BCUT2D eigenvalue weighted by Crippen LogP contribution is -2.05. The molecule has 25 heavy (non-hydrogen) atoms. The molecule has 0 saturated heterocycles. The Morgan fingerprint density at radius 3 is 2.84 bits per heavy atom. The van der Waals surface area contributed by atoms with Crippen LogP contribution in [0.2, 0.25) is 0 Å². The fourth-order valence-electron chi connectivity index (χ4n) is 2.61. The van der Waals surface area contributed by atoms with Gasteiger partial charge in [0.2, 0.25) is 12.7 Å². The highest BCUT2D eigenvalue weighted by Crippen LogP contribution is 2.34. The van der Waals surface area contributed by atoms with Gasteiger partial charge in [0, 0.05) is 24.5 Å². The zero-order valence-corrected chi connectivity index (χ0v) is 13.8. The molecule has 1 aliphatic heterocycles. The van der Waals surface area contributed by atoms with Crippen LogP contribution in [0.15, 0.2) is 54.7 Å². The monoisotopic (exact) mass is 334 g/mol. The molecule has 0 saturated carbocycles. The Hall–Kier alpha value is -3.28. The topological polar surface area (TPSA) is 68.3 Å². The highest BCUT2D eigenvalue weighted by molar-refractivity contribution is 5.61. The third kappa shape index (κ3) is 3.47. The maximum atomic E-state index is 5.38. The number of nitrogens with one attached hydrogen (secondary N) is 2. The van der Waals surface area contributed by atoms with E-state index < -0.39 is 0 Å². The van der Waals surface area contributed by atoms with Crippen LogP contribution in [-0.4, -0.2) is 16.8 Å². The number of nitrogens with zero attached hydrogens (tertiary/aromatic N) is 2. The second kappa shape index (κ2) is 6.68. The first-order valence-corrected chi connectivity index (χ1v) is 8.06. The van der Waals surface area contributed by atoms with E-state index in [9.17, 15) is 0 Å². The molecule has 6 heteroatoms. The molecule has 0 radical (unpaired) electrons. The van der Waals surface area contributed by atoms with Crippen molar-refractivity contribution in [3.8, 4) is 11.5 Å². The van der Waals surface area contributed by atoms with Crippen LogP contribution in [0.1, 0.15) is 11.1 Å². The Bertz CT molecular complexity index is 898. The fraction of sp³-hybridized carbons (Fsp3) is 0.158. The van der Waals surface area contributed by atoms with Crippen molar-refractivity contribution in [1.29, 1.82) is 0 Å². The summed E-state index contributed by atoms with van der Waals surface area (Å²) < 4.78 is 10.7. The average Bonchev–Trinajstić information content (AvgIpc) is 3.09. The van der Waals surface area contributed by atoms with Crippen LogP contribution in [0.25, 0.3) is 0 Å². The maximum Gasteiger partial charge on any atom is 0.231 e. The Morgan fingerprint density at radius 2 is 1.92 bits per heavy atom. The van der Waals surface area contributed by atoms with Crippen molar-refractivity contribution >= 4 is 17.5 Å². The molecule has 0 bridgehead atoms. The quantitative estimate of drug-likeness (QED) is 0.738. The second-order valence-corrected chi connectivity index (χ2v) is 5.74. The molecule has 6 nitrogen and oxygen atoms in total. The summed E-state index contributed by atoms with van der Waals surface area (Å²) in [5.74, 6) is 2.76. The molecule has 4 rings (SSSR count). The van der Waals surface area contributed by atoms with Crippen molar-refractivity contribution in [2.24, 2.45) is 0 Å². The van der Waals surface area contributed by atoms with Gasteiger partial charge in [-0.2, -0.15) is 4.98 Å². The van der Waals surface area contributed by atoms with Crippen LogP contribution >= 0.6 is 0 Å². The first kappa shape index (κ1) is 15.3. The fourth-order valence-corrected chi connectivity index (χ4v) is 2.61. The summed E-state index contributed by atoms with van der Waals surface area (Å²) in [5, 5.41) is 6.52. The Kier molecular flexibility index (Phi) is 4.08. The summed E-state index contributed by atoms with van der Waals surface area (Å²) in [6.07, 6.45) is 1.72. The van der Waals surface area contributed by atoms with E-state index in [4.69, 9.17) is 9.47 Å². The van der Waals surface area contributed by atoms with Crippen molar-refractivity contribution in [1.82, 2.24) is 9.97 Å². The standard InChI is InChI=1S/C19H18N4O2/c1-13-4-2-3-5-14(13)11-21-18-8-9-20-19(23-18)22-15-6-7-16-17(10-15)25-12-24-16/h2-10H,11-12H2,1H3,(H2,20,21,22,23). The van der Waals surface area contributed by atoms with Crippen molar-refractivity contribution in [3.63, 3.8) is 0 Å². The van der Waals surface area contributed by atoms with Crippen molar-refractivity contribution in [2.45, 2.75) is 13.5 Å². The van der Waals surface area contributed by atoms with Crippen LogP contribution < -0.4 is 20.1 Å². The minimum atomic E-state index is 0.258. The van der Waals surface area contributed by atoms with Crippen LogP contribution in [0, 0.1) is 6.92 Å². The molecule has 0 atom stereocenters. The predicted octanol–water partition coefficient (Wildman–Crippen LogP) is 3.87. The summed E-state index contributed by atoms with van der Waals surface area (Å²) in [4.78, 5) is 8.77. The predicted molar refractivity (Wildman–Crippen MR) is 96.4 cm³/mol. The summed E-state index contributed by atoms with van der Waals surface area (Å²) in [6.45, 7) is 3.07. The van der Waals surface area contributed by atoms with Gasteiger partial charge in [-0.3, -0.25) is 0 Å². The smallest absolute Gasteiger partial charge is 0.231 e. The van der Waals surface area contributed by atoms with Crippen LogP contribution in [-0.2, 0) is 6.54 Å². The second-order valence-electron chi connectivity index (χ2n) is 5.74. The Balaban J connectivity index is 1.45. The van der Waals surface area contributed by atoms with Gasteiger partial charge in [-0.05, 0) is 36.2 Å². The third-order valence-corrected chi connectivity index (χ3v) is 4.01. The number of anilines is 3. The number of fused-ring (bicyclic) bond motifs is 1. The molecule has 0 aliphatic carbocycles. The van der Waals surface area contributed by atoms with Crippen molar-refractivity contribution in [3.05, 3.63) is 65.9 Å².